The molecule has 56 heavy (non-hydrogen) atoms. The van der Waals surface area contributed by atoms with Crippen LogP contribution in [0.5, 0.6) is 11.5 Å². The first kappa shape index (κ1) is 44.2. The highest BCUT2D eigenvalue weighted by Gasteiger charge is 2.53. The average Bonchev–Trinajstić information content (AvgIpc) is 3.59. The molecule has 4 rings (SSSR count). The summed E-state index contributed by atoms with van der Waals surface area (Å²) in [5, 5.41) is 2.14. The van der Waals surface area contributed by atoms with Crippen molar-refractivity contribution in [2.75, 3.05) is 20.2 Å². The second kappa shape index (κ2) is 18.1. The van der Waals surface area contributed by atoms with Crippen molar-refractivity contribution in [2.45, 2.75) is 68.0 Å². The van der Waals surface area contributed by atoms with Crippen molar-refractivity contribution in [3.8, 4) is 11.5 Å². The Morgan fingerprint density at radius 2 is 1.62 bits per heavy atom. The van der Waals surface area contributed by atoms with Gasteiger partial charge in [0, 0.05) is 30.3 Å². The lowest BCUT2D eigenvalue weighted by Gasteiger charge is -2.31. The molecule has 2 N–H and O–H groups in total. The van der Waals surface area contributed by atoms with Crippen molar-refractivity contribution in [1.29, 1.82) is 0 Å². The maximum atomic E-state index is 15.0. The van der Waals surface area contributed by atoms with Gasteiger partial charge in [0.1, 0.15) is 24.1 Å². The molecule has 0 radical (unpaired) electrons. The molecule has 3 aromatic rings. The number of amides is 3. The van der Waals surface area contributed by atoms with Crippen molar-refractivity contribution in [1.82, 2.24) is 20.5 Å². The van der Waals surface area contributed by atoms with Crippen LogP contribution in [0.2, 0.25) is 10.0 Å². The van der Waals surface area contributed by atoms with Gasteiger partial charge in [-0.3, -0.25) is 24.2 Å². The Bertz CT molecular complexity index is 1970. The smallest absolute Gasteiger partial charge is 0.405 e. The van der Waals surface area contributed by atoms with Crippen LogP contribution in [-0.4, -0.2) is 97.5 Å². The molecule has 1 saturated heterocycles. The summed E-state index contributed by atoms with van der Waals surface area (Å²) in [5.41, 5.74) is 0.843. The summed E-state index contributed by atoms with van der Waals surface area (Å²) in [5.74, 6) is -13.2. The number of likely N-dealkylation sites (tertiary alicyclic amines) is 1. The Morgan fingerprint density at radius 1 is 0.946 bits per heavy atom. The molecule has 4 atom stereocenters. The molecule has 0 spiro atoms. The van der Waals surface area contributed by atoms with E-state index in [1.165, 1.54) is 63.7 Å². The van der Waals surface area contributed by atoms with E-state index in [1.807, 2.05) is 0 Å². The molecule has 1 fully saturated rings. The number of aromatic nitrogens is 1. The van der Waals surface area contributed by atoms with E-state index in [0.29, 0.717) is 21.9 Å². The third-order valence-electron chi connectivity index (χ3n) is 8.72. The minimum Gasteiger partial charge on any atom is -0.497 e. The van der Waals surface area contributed by atoms with Gasteiger partial charge in [0.25, 0.3) is 11.8 Å². The van der Waals surface area contributed by atoms with Gasteiger partial charge >= 0.3 is 12.1 Å². The molecule has 2 heterocycles. The Hall–Kier alpha value is -4.55. The van der Waals surface area contributed by atoms with Crippen LogP contribution >= 0.6 is 23.2 Å². The number of halogens is 7. The molecule has 304 valence electrons. The number of ketones is 1. The number of carbonyl (C=O) groups excluding carboxylic acids is 4. The normalized spacial score (nSPS) is 17.2. The Kier molecular flexibility index (Phi) is 14.3. The number of sulfone groups is 1. The van der Waals surface area contributed by atoms with E-state index in [4.69, 9.17) is 32.7 Å². The van der Waals surface area contributed by atoms with Gasteiger partial charge in [-0.15, -0.1) is 0 Å². The van der Waals surface area contributed by atoms with Crippen LogP contribution in [0, 0.1) is 5.92 Å². The SMILES string of the molecule is COc1ccc(CS(=O)(=O)[C@@H]2C[C@@H](C(=O)NC(C(=O)C(F)(F)C(=O)NCC(F)(F)F)C(C)C)N(C(=O)C(Cc3cccc(Cl)c3)Oc3cncc(Cl)c3)C2)cc1. The summed E-state index contributed by atoms with van der Waals surface area (Å²) < 4.78 is 107. The van der Waals surface area contributed by atoms with Crippen LogP contribution in [0.1, 0.15) is 31.4 Å². The number of carbonyl (C=O) groups is 4. The van der Waals surface area contributed by atoms with Gasteiger partial charge in [0.05, 0.1) is 35.4 Å². The van der Waals surface area contributed by atoms with Gasteiger partial charge in [-0.25, -0.2) is 8.42 Å². The monoisotopic (exact) mass is 850 g/mol. The maximum Gasteiger partial charge on any atom is 0.405 e. The molecule has 2 unspecified atom stereocenters. The lowest BCUT2D eigenvalue weighted by Crippen LogP contribution is -2.59. The van der Waals surface area contributed by atoms with Gasteiger partial charge in [-0.05, 0) is 47.7 Å². The molecule has 20 heteroatoms. The van der Waals surface area contributed by atoms with Crippen LogP contribution in [0.3, 0.4) is 0 Å². The second-order valence-electron chi connectivity index (χ2n) is 13.3. The summed E-state index contributed by atoms with van der Waals surface area (Å²) in [6.45, 7) is -0.280. The quantitative estimate of drug-likeness (QED) is 0.150. The van der Waals surface area contributed by atoms with Gasteiger partial charge < -0.3 is 25.0 Å². The molecule has 0 saturated carbocycles. The van der Waals surface area contributed by atoms with E-state index in [-0.39, 0.29) is 17.2 Å². The first-order chi connectivity index (χ1) is 26.1. The summed E-state index contributed by atoms with van der Waals surface area (Å²) in [6, 6.07) is 9.94. The van der Waals surface area contributed by atoms with Crippen molar-refractivity contribution < 1.29 is 59.0 Å². The predicted molar refractivity (Wildman–Crippen MR) is 194 cm³/mol. The van der Waals surface area contributed by atoms with Gasteiger partial charge in [0.15, 0.2) is 15.9 Å². The van der Waals surface area contributed by atoms with E-state index in [0.717, 1.165) is 10.2 Å². The molecular weight excluding hydrogens is 814 g/mol. The highest BCUT2D eigenvalue weighted by molar-refractivity contribution is 7.91. The first-order valence-electron chi connectivity index (χ1n) is 16.9. The van der Waals surface area contributed by atoms with Gasteiger partial charge in [0.2, 0.25) is 11.7 Å². The average molecular weight is 852 g/mol. The van der Waals surface area contributed by atoms with Gasteiger partial charge in [-0.2, -0.15) is 22.0 Å². The van der Waals surface area contributed by atoms with Crippen LogP contribution < -0.4 is 20.1 Å². The summed E-state index contributed by atoms with van der Waals surface area (Å²) in [6.07, 6.45) is -4.72. The summed E-state index contributed by atoms with van der Waals surface area (Å²) in [7, 11) is -2.74. The van der Waals surface area contributed by atoms with Crippen molar-refractivity contribution >= 4 is 56.5 Å². The number of hydrogen-bond acceptors (Lipinski definition) is 9. The molecule has 0 bridgehead atoms. The summed E-state index contributed by atoms with van der Waals surface area (Å²) in [4.78, 5) is 58.5. The number of rotatable bonds is 16. The highest BCUT2D eigenvalue weighted by atomic mass is 35.5. The highest BCUT2D eigenvalue weighted by Crippen LogP contribution is 2.30. The Balaban J connectivity index is 1.70. The number of alkyl halides is 5. The first-order valence-corrected chi connectivity index (χ1v) is 19.3. The van der Waals surface area contributed by atoms with Gasteiger partial charge in [-0.1, -0.05) is 61.3 Å². The van der Waals surface area contributed by atoms with E-state index in [2.05, 4.69) is 10.3 Å². The molecule has 12 nitrogen and oxygen atoms in total. The Labute approximate surface area is 328 Å². The third kappa shape index (κ3) is 11.5. The lowest BCUT2D eigenvalue weighted by atomic mass is 9.94. The fourth-order valence-corrected chi connectivity index (χ4v) is 8.00. The molecule has 3 amide bonds. The molecule has 0 aliphatic carbocycles. The zero-order valence-electron chi connectivity index (χ0n) is 30.0. The van der Waals surface area contributed by atoms with E-state index >= 15 is 8.78 Å². The Morgan fingerprint density at radius 3 is 2.21 bits per heavy atom. The molecular formula is C36H37Cl2F5N4O8S. The van der Waals surface area contributed by atoms with Crippen molar-refractivity contribution in [2.24, 2.45) is 5.92 Å². The largest absolute Gasteiger partial charge is 0.497 e. The molecule has 1 aromatic heterocycles. The molecule has 1 aliphatic heterocycles. The number of nitrogens with zero attached hydrogens (tertiary/aromatic N) is 2. The third-order valence-corrected chi connectivity index (χ3v) is 11.3. The minimum absolute atomic E-state index is 0.0262. The van der Waals surface area contributed by atoms with Crippen LogP contribution in [-0.2, 0) is 41.2 Å². The summed E-state index contributed by atoms with van der Waals surface area (Å²) >= 11 is 12.3. The molecule has 1 aliphatic rings. The fourth-order valence-electron chi connectivity index (χ4n) is 5.87. The van der Waals surface area contributed by atoms with Crippen molar-refractivity contribution in [3.05, 3.63) is 88.2 Å². The van der Waals surface area contributed by atoms with Crippen LogP contribution in [0.15, 0.2) is 67.0 Å². The van der Waals surface area contributed by atoms with E-state index in [1.54, 1.807) is 24.3 Å². The number of Topliss-reactive ketones (excluding diaryl/α,β-unsaturated/α-hetero) is 1. The van der Waals surface area contributed by atoms with Crippen molar-refractivity contribution in [3.63, 3.8) is 0 Å². The number of pyridine rings is 1. The fraction of sp³-hybridized carbons (Fsp3) is 0.417. The number of ether oxygens (including phenoxy) is 2. The van der Waals surface area contributed by atoms with E-state index in [9.17, 15) is 40.8 Å². The standard InChI is InChI=1S/C36H37Cl2F5N4O8S/c1-20(2)30(31(48)36(42,43)34(51)45-19-35(39,40)41)46-32(49)28-14-27(56(52,53)18-21-7-9-25(54-3)10-8-21)17-47(28)33(50)29(12-22-5-4-6-23(37)11-22)55-26-13-24(38)15-44-16-26/h4-11,13,15-16,20,27-30H,12,14,17-19H2,1-3H3,(H,45,51)(H,46,49)/t27-,28+,29?,30?/m1/s1. The predicted octanol–water partition coefficient (Wildman–Crippen LogP) is 5.00. The van der Waals surface area contributed by atoms with E-state index < -0.39 is 100 Å². The van der Waals surface area contributed by atoms with Crippen LogP contribution in [0.4, 0.5) is 22.0 Å². The zero-order valence-corrected chi connectivity index (χ0v) is 32.3. The number of nitrogens with one attached hydrogen (secondary N) is 2. The number of methoxy groups -OCH3 is 1. The topological polar surface area (TPSA) is 161 Å². The molecule has 2 aromatic carbocycles. The second-order valence-corrected chi connectivity index (χ2v) is 16.4. The maximum absolute atomic E-state index is 15.0. The zero-order chi connectivity index (χ0) is 41.6. The lowest BCUT2D eigenvalue weighted by molar-refractivity contribution is -0.165. The number of benzene rings is 2. The number of hydrogen-bond donors (Lipinski definition) is 2. The van der Waals surface area contributed by atoms with Crippen LogP contribution in [0.25, 0.3) is 0 Å². The minimum atomic E-state index is -5.07.